The van der Waals surface area contributed by atoms with Gasteiger partial charge in [-0.05, 0) is 293 Å². The summed E-state index contributed by atoms with van der Waals surface area (Å²) < 4.78 is 29.8. The number of rotatable bonds is 18. The van der Waals surface area contributed by atoms with Gasteiger partial charge in [-0.3, -0.25) is 24.0 Å². The van der Waals surface area contributed by atoms with Crippen LogP contribution in [-0.4, -0.2) is 57.9 Å². The summed E-state index contributed by atoms with van der Waals surface area (Å²) in [4.78, 5) is 61.5. The van der Waals surface area contributed by atoms with E-state index >= 15 is 0 Å². The van der Waals surface area contributed by atoms with E-state index in [1.807, 2.05) is 90.0 Å². The molecule has 0 N–H and O–H groups in total. The van der Waals surface area contributed by atoms with Crippen molar-refractivity contribution in [1.82, 2.24) is 0 Å². The highest BCUT2D eigenvalue weighted by molar-refractivity contribution is 5.78. The number of carbonyl (C=O) groups excluding carboxylic acids is 5. The Balaban J connectivity index is -0.000000212. The molecular formula is C90H184O10. The average Bonchev–Trinajstić information content (AvgIpc) is 1.53. The molecule has 10 heteroatoms. The molecule has 8 aliphatic rings. The normalized spacial score (nSPS) is 25.3. The van der Waals surface area contributed by atoms with Crippen molar-refractivity contribution in [2.24, 2.45) is 73.4 Å². The Morgan fingerprint density at radius 3 is 0.990 bits per heavy atom. The number of fused-ring (bicyclic) bond motifs is 4. The lowest BCUT2D eigenvalue weighted by Gasteiger charge is -2.47. The van der Waals surface area contributed by atoms with E-state index in [1.165, 1.54) is 154 Å². The molecule has 0 aromatic carbocycles. The molecule has 0 aromatic heterocycles. The zero-order chi connectivity index (χ0) is 68.2. The van der Waals surface area contributed by atoms with Crippen LogP contribution in [-0.2, 0) is 47.7 Å². The first-order valence-corrected chi connectivity index (χ1v) is 37.6. The first-order valence-electron chi connectivity index (χ1n) is 37.6. The second-order valence-electron chi connectivity index (χ2n) is 35.9. The van der Waals surface area contributed by atoms with Crippen molar-refractivity contribution in [1.29, 1.82) is 0 Å². The van der Waals surface area contributed by atoms with Gasteiger partial charge < -0.3 is 23.7 Å². The van der Waals surface area contributed by atoms with Crippen LogP contribution in [0.5, 0.6) is 0 Å². The molecule has 4 bridgehead atoms. The molecule has 6 atom stereocenters. The van der Waals surface area contributed by atoms with E-state index in [1.54, 1.807) is 0 Å². The molecule has 8 aliphatic carbocycles. The molecule has 6 unspecified atom stereocenters. The predicted octanol–water partition coefficient (Wildman–Crippen LogP) is 28.8. The first kappa shape index (κ1) is 111. The Bertz CT molecular complexity index is 2260. The Morgan fingerprint density at radius 1 is 0.340 bits per heavy atom. The van der Waals surface area contributed by atoms with Gasteiger partial charge >= 0.3 is 29.8 Å². The standard InChI is InChI=1S/C20H36O2.C17H30O2.C15H28O2.C14H24O2.C14H26O2.10CH4/c1-5-19(2,3)18(21)22-20(4,16-12-8-6-9-13-16)17-14-10-7-11-15-17;1-8-14(2,3)13(18)19-17(7)11-12-9-10-16(17,6)15(12,4)5;1-6-14(2,3)13(16)17-15(4,5)12-10-8-7-9-11-12;1-5-13(2,3)12(15)16-14(4)9-10-6-7-11(14)8-10;1-5-13(2,3)12(15)16-14(4)10-8-6-7-9-11-14;;;;;;;;;;/h16-17H,5-15H2,1-4H3;12H,8-11H2,1-7H3;12H,6-11H2,1-5H3;10-11H,5-9H2,1-4H3;5-11H2,1-4H3;10*1H4. The molecule has 0 amide bonds. The summed E-state index contributed by atoms with van der Waals surface area (Å²) in [6.45, 7) is 50.0. The third-order valence-electron chi connectivity index (χ3n) is 26.8. The molecule has 8 fully saturated rings. The summed E-state index contributed by atoms with van der Waals surface area (Å²) in [5.41, 5.74) is -2.55. The van der Waals surface area contributed by atoms with E-state index < -0.39 is 0 Å². The number of carbonyl (C=O) groups is 5. The number of esters is 5. The molecule has 8 saturated carbocycles. The minimum atomic E-state index is -0.370. The maximum atomic E-state index is 12.8. The maximum absolute atomic E-state index is 12.8. The van der Waals surface area contributed by atoms with E-state index in [4.69, 9.17) is 23.7 Å². The van der Waals surface area contributed by atoms with Crippen LogP contribution in [0.25, 0.3) is 0 Å². The van der Waals surface area contributed by atoms with E-state index in [2.05, 4.69) is 76.2 Å². The highest BCUT2D eigenvalue weighted by atomic mass is 16.6. The van der Waals surface area contributed by atoms with Gasteiger partial charge in [0.1, 0.15) is 28.0 Å². The molecule has 0 saturated heterocycles. The lowest BCUT2D eigenvalue weighted by Crippen LogP contribution is -2.49. The molecule has 0 aromatic rings. The third kappa shape index (κ3) is 27.6. The van der Waals surface area contributed by atoms with Crippen LogP contribution >= 0.6 is 0 Å². The molecule has 100 heavy (non-hydrogen) atoms. The zero-order valence-electron chi connectivity index (χ0n) is 63.4. The van der Waals surface area contributed by atoms with Crippen molar-refractivity contribution in [2.75, 3.05) is 0 Å². The van der Waals surface area contributed by atoms with Crippen molar-refractivity contribution in [3.63, 3.8) is 0 Å². The van der Waals surface area contributed by atoms with Gasteiger partial charge in [0.2, 0.25) is 0 Å². The second-order valence-corrected chi connectivity index (χ2v) is 35.9. The van der Waals surface area contributed by atoms with Gasteiger partial charge in [0.15, 0.2) is 0 Å². The zero-order valence-corrected chi connectivity index (χ0v) is 63.4. The molecular weight excluding hydrogens is 1240 g/mol. The van der Waals surface area contributed by atoms with Crippen LogP contribution in [0.2, 0.25) is 0 Å². The van der Waals surface area contributed by atoms with Crippen molar-refractivity contribution in [3.8, 4) is 0 Å². The van der Waals surface area contributed by atoms with Crippen molar-refractivity contribution in [3.05, 3.63) is 0 Å². The fourth-order valence-corrected chi connectivity index (χ4v) is 16.2. The van der Waals surface area contributed by atoms with Crippen molar-refractivity contribution in [2.45, 2.75) is 480 Å². The minimum Gasteiger partial charge on any atom is -0.459 e. The van der Waals surface area contributed by atoms with E-state index in [0.717, 1.165) is 63.7 Å². The van der Waals surface area contributed by atoms with Crippen LogP contribution in [0.15, 0.2) is 0 Å². The topological polar surface area (TPSA) is 132 Å². The Labute approximate surface area is 628 Å². The molecule has 0 spiro atoms. The van der Waals surface area contributed by atoms with E-state index in [-0.39, 0.29) is 170 Å². The van der Waals surface area contributed by atoms with Crippen LogP contribution in [0.3, 0.4) is 0 Å². The molecule has 604 valence electrons. The number of hydrogen-bond donors (Lipinski definition) is 0. The van der Waals surface area contributed by atoms with Gasteiger partial charge in [0.05, 0.1) is 27.1 Å². The Morgan fingerprint density at radius 2 is 0.670 bits per heavy atom. The van der Waals surface area contributed by atoms with E-state index in [0.29, 0.717) is 29.6 Å². The summed E-state index contributed by atoms with van der Waals surface area (Å²) >= 11 is 0. The summed E-state index contributed by atoms with van der Waals surface area (Å²) in [6, 6.07) is 0. The third-order valence-corrected chi connectivity index (χ3v) is 26.8. The largest absolute Gasteiger partial charge is 0.459 e. The summed E-state index contributed by atoms with van der Waals surface area (Å²) in [6.07, 6.45) is 38.8. The quantitative estimate of drug-likeness (QED) is 0.0742. The van der Waals surface area contributed by atoms with Gasteiger partial charge in [-0.15, -0.1) is 0 Å². The lowest BCUT2D eigenvalue weighted by atomic mass is 9.65. The summed E-state index contributed by atoms with van der Waals surface area (Å²) in [7, 11) is 0. The highest BCUT2D eigenvalue weighted by Gasteiger charge is 2.69. The highest BCUT2D eigenvalue weighted by Crippen LogP contribution is 2.71. The van der Waals surface area contributed by atoms with Gasteiger partial charge in [-0.25, -0.2) is 0 Å². The van der Waals surface area contributed by atoms with Gasteiger partial charge in [0, 0.05) is 5.41 Å². The van der Waals surface area contributed by atoms with Gasteiger partial charge in [0.25, 0.3) is 0 Å². The lowest BCUT2D eigenvalue weighted by molar-refractivity contribution is -0.187. The minimum absolute atomic E-state index is 0. The van der Waals surface area contributed by atoms with Crippen LogP contribution in [0.4, 0.5) is 0 Å². The fraction of sp³-hybridized carbons (Fsp3) is 0.944. The number of ether oxygens (including phenoxy) is 5. The number of hydrogen-bond acceptors (Lipinski definition) is 10. The van der Waals surface area contributed by atoms with Gasteiger partial charge in [-0.2, -0.15) is 0 Å². The maximum Gasteiger partial charge on any atom is 0.312 e. The molecule has 0 aliphatic heterocycles. The summed E-state index contributed by atoms with van der Waals surface area (Å²) in [5, 5.41) is 0. The smallest absolute Gasteiger partial charge is 0.312 e. The van der Waals surface area contributed by atoms with Gasteiger partial charge in [-0.1, -0.05) is 200 Å². The molecule has 8 rings (SSSR count). The van der Waals surface area contributed by atoms with Crippen molar-refractivity contribution < 1.29 is 47.7 Å². The van der Waals surface area contributed by atoms with Crippen LogP contribution in [0.1, 0.15) is 452 Å². The fourth-order valence-electron chi connectivity index (χ4n) is 16.2. The summed E-state index contributed by atoms with van der Waals surface area (Å²) in [5.74, 6) is 3.71. The van der Waals surface area contributed by atoms with Crippen LogP contribution < -0.4 is 0 Å². The van der Waals surface area contributed by atoms with Crippen molar-refractivity contribution >= 4 is 29.8 Å². The van der Waals surface area contributed by atoms with Crippen LogP contribution in [0, 0.1) is 73.4 Å². The second kappa shape index (κ2) is 44.5. The monoisotopic (exact) mass is 1430 g/mol. The SMILES string of the molecule is C.C.C.C.C.C.C.C.C.C.CCC(C)(C)C(=O)OC(C)(C)C1CCCCC1.CCC(C)(C)C(=O)OC(C)(C1CCCCC1)C1CCCCC1.CCC(C)(C)C(=O)OC1(C)CC2CCC1(C)C2(C)C.CCC(C)(C)C(=O)OC1(C)CC2CCC1C2.CCC(C)(C)C(=O)OC1(C)CCCCCC1. The molecule has 10 nitrogen and oxygen atoms in total. The predicted molar refractivity (Wildman–Crippen MR) is 438 cm³/mol. The van der Waals surface area contributed by atoms with E-state index in [9.17, 15) is 24.0 Å². The first-order chi connectivity index (χ1) is 41.5. The Hall–Kier alpha value is -2.65. The average molecular weight is 1430 g/mol. The molecule has 0 radical (unpaired) electrons. The molecule has 0 heterocycles. The Kier molecular flexibility index (Phi) is 49.2.